The number of nitrogens with zero attached hydrogens (tertiary/aromatic N) is 2. The van der Waals surface area contributed by atoms with Gasteiger partial charge in [0.15, 0.2) is 0 Å². The van der Waals surface area contributed by atoms with E-state index in [2.05, 4.69) is 64.1 Å². The van der Waals surface area contributed by atoms with Crippen molar-refractivity contribution in [3.63, 3.8) is 0 Å². The molecule has 3 amide bonds. The average Bonchev–Trinajstić information content (AvgIpc) is 2.88. The van der Waals surface area contributed by atoms with E-state index in [0.29, 0.717) is 25.3 Å². The molecule has 4 rings (SSSR count). The van der Waals surface area contributed by atoms with Gasteiger partial charge in [0.05, 0.1) is 0 Å². The first-order valence-electron chi connectivity index (χ1n) is 11.6. The zero-order chi connectivity index (χ0) is 22.9. The highest BCUT2D eigenvalue weighted by molar-refractivity contribution is 5.92. The molecule has 1 aliphatic heterocycles. The summed E-state index contributed by atoms with van der Waals surface area (Å²) in [6, 6.07) is 26.2. The fourth-order valence-corrected chi connectivity index (χ4v) is 4.32. The molecule has 3 aromatic rings. The molecule has 6 nitrogen and oxygen atoms in total. The molecule has 1 aromatic heterocycles. The Morgan fingerprint density at radius 3 is 2.06 bits per heavy atom. The lowest BCUT2D eigenvalue weighted by Crippen LogP contribution is -2.49. The molecule has 6 heteroatoms. The predicted molar refractivity (Wildman–Crippen MR) is 129 cm³/mol. The molecular formula is C27H30N4O2. The van der Waals surface area contributed by atoms with Gasteiger partial charge in [0.2, 0.25) is 0 Å². The van der Waals surface area contributed by atoms with Crippen molar-refractivity contribution in [1.82, 2.24) is 20.5 Å². The number of benzene rings is 2. The number of aromatic nitrogens is 1. The number of pyridine rings is 1. The predicted octanol–water partition coefficient (Wildman–Crippen LogP) is 4.21. The normalized spacial score (nSPS) is 14.2. The summed E-state index contributed by atoms with van der Waals surface area (Å²) >= 11 is 0. The molecule has 0 unspecified atom stereocenters. The minimum Gasteiger partial charge on any atom is -0.348 e. The molecule has 2 heterocycles. The Morgan fingerprint density at radius 2 is 1.48 bits per heavy atom. The molecule has 1 aliphatic rings. The van der Waals surface area contributed by atoms with Gasteiger partial charge in [-0.15, -0.1) is 0 Å². The van der Waals surface area contributed by atoms with Gasteiger partial charge in [-0.3, -0.25) is 9.78 Å². The summed E-state index contributed by atoms with van der Waals surface area (Å²) in [5, 5.41) is 6.12. The van der Waals surface area contributed by atoms with Crippen molar-refractivity contribution in [2.75, 3.05) is 19.6 Å². The molecule has 0 atom stereocenters. The van der Waals surface area contributed by atoms with Crippen LogP contribution in [0.25, 0.3) is 0 Å². The third-order valence-electron chi connectivity index (χ3n) is 6.13. The number of urea groups is 1. The largest absolute Gasteiger partial charge is 0.348 e. The Bertz CT molecular complexity index is 980. The summed E-state index contributed by atoms with van der Waals surface area (Å²) in [7, 11) is 0. The topological polar surface area (TPSA) is 74.3 Å². The third kappa shape index (κ3) is 6.19. The number of hydrogen-bond donors (Lipinski definition) is 2. The molecule has 0 aliphatic carbocycles. The number of amides is 3. The number of carbonyl (C=O) groups is 2. The summed E-state index contributed by atoms with van der Waals surface area (Å²) in [6.07, 6.45) is 3.92. The second kappa shape index (κ2) is 11.3. The lowest BCUT2D eigenvalue weighted by atomic mass is 9.88. The van der Waals surface area contributed by atoms with Gasteiger partial charge in [-0.1, -0.05) is 66.7 Å². The van der Waals surface area contributed by atoms with Gasteiger partial charge in [0.25, 0.3) is 5.91 Å². The van der Waals surface area contributed by atoms with E-state index in [1.54, 1.807) is 24.4 Å². The van der Waals surface area contributed by atoms with Crippen LogP contribution in [0, 0.1) is 0 Å². The maximum atomic E-state index is 12.7. The molecule has 1 fully saturated rings. The van der Waals surface area contributed by atoms with Gasteiger partial charge in [0, 0.05) is 37.8 Å². The van der Waals surface area contributed by atoms with E-state index < -0.39 is 0 Å². The van der Waals surface area contributed by atoms with Gasteiger partial charge in [-0.05, 0) is 42.5 Å². The van der Waals surface area contributed by atoms with Crippen molar-refractivity contribution in [3.05, 3.63) is 102 Å². The minimum atomic E-state index is -0.161. The highest BCUT2D eigenvalue weighted by Crippen LogP contribution is 2.27. The molecule has 0 saturated carbocycles. The standard InChI is InChI=1S/C27H30N4O2/c32-26(25-13-7-8-17-28-25)30-23-15-19-31(20-16-23)27(33)29-18-14-24(21-9-3-1-4-10-21)22-11-5-2-6-12-22/h1-13,17,23-24H,14-16,18-20H2,(H,29,33)(H,30,32). The summed E-state index contributed by atoms with van der Waals surface area (Å²) < 4.78 is 0. The number of carbonyl (C=O) groups excluding carboxylic acids is 2. The first kappa shape index (κ1) is 22.5. The van der Waals surface area contributed by atoms with Crippen LogP contribution in [0.5, 0.6) is 0 Å². The van der Waals surface area contributed by atoms with E-state index >= 15 is 0 Å². The third-order valence-corrected chi connectivity index (χ3v) is 6.13. The van der Waals surface area contributed by atoms with Gasteiger partial charge in [-0.2, -0.15) is 0 Å². The zero-order valence-corrected chi connectivity index (χ0v) is 18.7. The highest BCUT2D eigenvalue weighted by atomic mass is 16.2. The van der Waals surface area contributed by atoms with Crippen LogP contribution in [0.3, 0.4) is 0 Å². The number of likely N-dealkylation sites (tertiary alicyclic amines) is 1. The van der Waals surface area contributed by atoms with Crippen LogP contribution in [-0.4, -0.2) is 47.5 Å². The number of piperidine rings is 1. The van der Waals surface area contributed by atoms with Crippen LogP contribution < -0.4 is 10.6 Å². The Hall–Kier alpha value is -3.67. The summed E-state index contributed by atoms with van der Waals surface area (Å²) in [5.74, 6) is 0.0756. The van der Waals surface area contributed by atoms with Crippen LogP contribution in [0.1, 0.15) is 46.8 Å². The molecule has 2 aromatic carbocycles. The quantitative estimate of drug-likeness (QED) is 0.576. The van der Waals surface area contributed by atoms with Crippen LogP contribution in [-0.2, 0) is 0 Å². The Labute approximate surface area is 195 Å². The van der Waals surface area contributed by atoms with E-state index in [-0.39, 0.29) is 23.9 Å². The summed E-state index contributed by atoms with van der Waals surface area (Å²) in [4.78, 5) is 31.0. The van der Waals surface area contributed by atoms with E-state index in [1.165, 1.54) is 11.1 Å². The maximum absolute atomic E-state index is 12.7. The Balaban J connectivity index is 1.25. The van der Waals surface area contributed by atoms with Gasteiger partial charge in [0.1, 0.15) is 5.69 Å². The maximum Gasteiger partial charge on any atom is 0.317 e. The molecular weight excluding hydrogens is 412 g/mol. The zero-order valence-electron chi connectivity index (χ0n) is 18.7. The van der Waals surface area contributed by atoms with Crippen LogP contribution in [0.2, 0.25) is 0 Å². The van der Waals surface area contributed by atoms with Crippen LogP contribution in [0.4, 0.5) is 4.79 Å². The Kier molecular flexibility index (Phi) is 7.69. The van der Waals surface area contributed by atoms with Crippen molar-refractivity contribution < 1.29 is 9.59 Å². The minimum absolute atomic E-state index is 0.0376. The molecule has 1 saturated heterocycles. The second-order valence-corrected chi connectivity index (χ2v) is 8.34. The first-order chi connectivity index (χ1) is 16.2. The smallest absolute Gasteiger partial charge is 0.317 e. The highest BCUT2D eigenvalue weighted by Gasteiger charge is 2.24. The molecule has 2 N–H and O–H groups in total. The summed E-state index contributed by atoms with van der Waals surface area (Å²) in [6.45, 7) is 1.85. The van der Waals surface area contributed by atoms with E-state index in [9.17, 15) is 9.59 Å². The van der Waals surface area contributed by atoms with Crippen LogP contribution >= 0.6 is 0 Å². The van der Waals surface area contributed by atoms with Crippen molar-refractivity contribution >= 4 is 11.9 Å². The first-order valence-corrected chi connectivity index (χ1v) is 11.6. The molecule has 0 spiro atoms. The second-order valence-electron chi connectivity index (χ2n) is 8.34. The molecule has 33 heavy (non-hydrogen) atoms. The SMILES string of the molecule is O=C(NC1CCN(C(=O)NCCC(c2ccccc2)c2ccccc2)CC1)c1ccccn1. The lowest BCUT2D eigenvalue weighted by molar-refractivity contribution is 0.0913. The van der Waals surface area contributed by atoms with Crippen molar-refractivity contribution in [2.24, 2.45) is 0 Å². The number of hydrogen-bond acceptors (Lipinski definition) is 3. The van der Waals surface area contributed by atoms with Crippen molar-refractivity contribution in [2.45, 2.75) is 31.2 Å². The molecule has 0 radical (unpaired) electrons. The van der Waals surface area contributed by atoms with E-state index in [0.717, 1.165) is 19.3 Å². The molecule has 0 bridgehead atoms. The van der Waals surface area contributed by atoms with Crippen LogP contribution in [0.15, 0.2) is 85.1 Å². The number of rotatable bonds is 7. The summed E-state index contributed by atoms with van der Waals surface area (Å²) in [5.41, 5.74) is 2.92. The van der Waals surface area contributed by atoms with E-state index in [1.807, 2.05) is 17.0 Å². The van der Waals surface area contributed by atoms with Gasteiger partial charge < -0.3 is 15.5 Å². The Morgan fingerprint density at radius 1 is 0.879 bits per heavy atom. The fraction of sp³-hybridized carbons (Fsp3) is 0.296. The lowest BCUT2D eigenvalue weighted by Gasteiger charge is -2.32. The number of nitrogens with one attached hydrogen (secondary N) is 2. The average molecular weight is 443 g/mol. The van der Waals surface area contributed by atoms with Crippen molar-refractivity contribution in [1.29, 1.82) is 0 Å². The molecule has 170 valence electrons. The fourth-order valence-electron chi connectivity index (χ4n) is 4.32. The van der Waals surface area contributed by atoms with E-state index in [4.69, 9.17) is 0 Å². The van der Waals surface area contributed by atoms with Crippen molar-refractivity contribution in [3.8, 4) is 0 Å². The van der Waals surface area contributed by atoms with Gasteiger partial charge >= 0.3 is 6.03 Å². The monoisotopic (exact) mass is 442 g/mol. The van der Waals surface area contributed by atoms with Gasteiger partial charge in [-0.25, -0.2) is 4.79 Å².